The molecule has 9 nitrogen and oxygen atoms in total. The number of unbranched alkanes of at least 4 members (excludes halogenated alkanes) is 1. The monoisotopic (exact) mass is 363 g/mol. The van der Waals surface area contributed by atoms with E-state index in [0.717, 1.165) is 5.06 Å². The largest absolute Gasteiger partial charge is 0.481 e. The first-order chi connectivity index (χ1) is 11.6. The van der Waals surface area contributed by atoms with Crippen molar-refractivity contribution in [3.05, 3.63) is 0 Å². The van der Waals surface area contributed by atoms with Crippen LogP contribution in [0.2, 0.25) is 0 Å². The number of hydroxylamine groups is 2. The molecule has 0 unspecified atom stereocenters. The first kappa shape index (κ1) is 23.1. The molecular formula is C16H29NO8. The Morgan fingerprint density at radius 2 is 1.56 bits per heavy atom. The van der Waals surface area contributed by atoms with Crippen LogP contribution in [0.1, 0.15) is 46.5 Å². The molecule has 1 N–H and O–H groups in total. The Kier molecular flexibility index (Phi) is 11.6. The van der Waals surface area contributed by atoms with Crippen LogP contribution in [0.5, 0.6) is 0 Å². The van der Waals surface area contributed by atoms with Gasteiger partial charge < -0.3 is 19.3 Å². The number of esters is 1. The van der Waals surface area contributed by atoms with Gasteiger partial charge in [-0.1, -0.05) is 0 Å². The zero-order chi connectivity index (χ0) is 19.3. The van der Waals surface area contributed by atoms with Crippen LogP contribution >= 0.6 is 0 Å². The number of aliphatic carboxylic acids is 1. The molecule has 0 spiro atoms. The summed E-state index contributed by atoms with van der Waals surface area (Å²) >= 11 is 0. The molecule has 0 aromatic carbocycles. The van der Waals surface area contributed by atoms with Gasteiger partial charge in [-0.2, -0.15) is 5.06 Å². The Morgan fingerprint density at radius 1 is 0.960 bits per heavy atom. The summed E-state index contributed by atoms with van der Waals surface area (Å²) in [6.45, 7) is 5.97. The van der Waals surface area contributed by atoms with Gasteiger partial charge in [0, 0.05) is 19.9 Å². The lowest BCUT2D eigenvalue weighted by atomic mass is 10.2. The number of hydrogen-bond donors (Lipinski definition) is 1. The van der Waals surface area contributed by atoms with Gasteiger partial charge >= 0.3 is 18.0 Å². The van der Waals surface area contributed by atoms with Crippen molar-refractivity contribution in [2.45, 2.75) is 52.1 Å². The molecule has 0 saturated carbocycles. The topological polar surface area (TPSA) is 112 Å². The normalized spacial score (nSPS) is 11.0. The van der Waals surface area contributed by atoms with Crippen molar-refractivity contribution >= 4 is 18.0 Å². The Balaban J connectivity index is 3.53. The summed E-state index contributed by atoms with van der Waals surface area (Å²) in [5, 5.41) is 9.46. The molecule has 0 aliphatic rings. The summed E-state index contributed by atoms with van der Waals surface area (Å²) in [6.07, 6.45) is 0.579. The van der Waals surface area contributed by atoms with Crippen LogP contribution in [0, 0.1) is 0 Å². The molecule has 0 aliphatic heterocycles. The van der Waals surface area contributed by atoms with E-state index in [2.05, 4.69) is 0 Å². The molecule has 0 heterocycles. The number of rotatable bonds is 12. The number of amides is 1. The van der Waals surface area contributed by atoms with E-state index < -0.39 is 17.7 Å². The molecule has 0 aromatic heterocycles. The molecular weight excluding hydrogens is 334 g/mol. The van der Waals surface area contributed by atoms with E-state index in [-0.39, 0.29) is 45.2 Å². The van der Waals surface area contributed by atoms with Crippen LogP contribution in [-0.4, -0.2) is 67.3 Å². The number of carboxylic acids is 1. The minimum Gasteiger partial charge on any atom is -0.481 e. The second-order valence-corrected chi connectivity index (χ2v) is 6.24. The molecule has 0 radical (unpaired) electrons. The minimum atomic E-state index is -0.874. The van der Waals surface area contributed by atoms with Gasteiger partial charge in [0.15, 0.2) is 0 Å². The maximum atomic E-state index is 11.6. The number of carboxylic acid groups (broad SMARTS) is 1. The molecule has 146 valence electrons. The Hall–Kier alpha value is -1.87. The Bertz CT molecular complexity index is 419. The fourth-order valence-electron chi connectivity index (χ4n) is 1.55. The highest BCUT2D eigenvalue weighted by Crippen LogP contribution is 2.09. The SMILES string of the molecule is CN(OCCOCCOC(=O)CCCCC(=O)O)C(=O)OC(C)(C)C. The molecule has 0 aromatic rings. The predicted molar refractivity (Wildman–Crippen MR) is 87.8 cm³/mol. The summed E-state index contributed by atoms with van der Waals surface area (Å²) in [6, 6.07) is 0. The predicted octanol–water partition coefficient (Wildman–Crippen LogP) is 1.99. The molecule has 0 aliphatic carbocycles. The molecule has 25 heavy (non-hydrogen) atoms. The number of hydrogen-bond acceptors (Lipinski definition) is 7. The average Bonchev–Trinajstić information content (AvgIpc) is 2.48. The van der Waals surface area contributed by atoms with Crippen molar-refractivity contribution in [2.24, 2.45) is 0 Å². The Morgan fingerprint density at radius 3 is 2.16 bits per heavy atom. The zero-order valence-electron chi connectivity index (χ0n) is 15.4. The molecule has 0 atom stereocenters. The van der Waals surface area contributed by atoms with Crippen molar-refractivity contribution in [3.8, 4) is 0 Å². The van der Waals surface area contributed by atoms with Crippen molar-refractivity contribution in [1.29, 1.82) is 0 Å². The maximum absolute atomic E-state index is 11.6. The lowest BCUT2D eigenvalue weighted by Gasteiger charge is -2.23. The molecule has 0 fully saturated rings. The fourth-order valence-corrected chi connectivity index (χ4v) is 1.55. The first-order valence-electron chi connectivity index (χ1n) is 8.16. The van der Waals surface area contributed by atoms with Crippen LogP contribution in [0.25, 0.3) is 0 Å². The van der Waals surface area contributed by atoms with Crippen LogP contribution in [0.3, 0.4) is 0 Å². The summed E-state index contributed by atoms with van der Waals surface area (Å²) in [7, 11) is 1.44. The maximum Gasteiger partial charge on any atom is 0.434 e. The number of carbonyl (C=O) groups is 3. The van der Waals surface area contributed by atoms with Crippen LogP contribution in [-0.2, 0) is 28.6 Å². The Labute approximate surface area is 148 Å². The third-order valence-electron chi connectivity index (χ3n) is 2.68. The summed E-state index contributed by atoms with van der Waals surface area (Å²) < 4.78 is 15.3. The highest BCUT2D eigenvalue weighted by atomic mass is 16.7. The van der Waals surface area contributed by atoms with Gasteiger partial charge in [-0.15, -0.1) is 0 Å². The first-order valence-corrected chi connectivity index (χ1v) is 8.16. The van der Waals surface area contributed by atoms with E-state index in [1.54, 1.807) is 20.8 Å². The van der Waals surface area contributed by atoms with Crippen molar-refractivity contribution in [1.82, 2.24) is 5.06 Å². The van der Waals surface area contributed by atoms with Gasteiger partial charge in [-0.25, -0.2) is 4.79 Å². The number of nitrogens with zero attached hydrogens (tertiary/aromatic N) is 1. The number of carbonyl (C=O) groups excluding carboxylic acids is 2. The van der Waals surface area contributed by atoms with Crippen LogP contribution in [0.4, 0.5) is 4.79 Å². The highest BCUT2D eigenvalue weighted by molar-refractivity contribution is 5.69. The van der Waals surface area contributed by atoms with Crippen molar-refractivity contribution in [3.63, 3.8) is 0 Å². The third-order valence-corrected chi connectivity index (χ3v) is 2.68. The van der Waals surface area contributed by atoms with E-state index in [4.69, 9.17) is 24.2 Å². The molecule has 0 rings (SSSR count). The van der Waals surface area contributed by atoms with Crippen LogP contribution in [0.15, 0.2) is 0 Å². The van der Waals surface area contributed by atoms with E-state index in [9.17, 15) is 14.4 Å². The average molecular weight is 363 g/mol. The van der Waals surface area contributed by atoms with E-state index in [0.29, 0.717) is 12.8 Å². The molecule has 9 heteroatoms. The summed E-state index contributed by atoms with van der Waals surface area (Å²) in [5.74, 6) is -1.25. The standard InChI is InChI=1S/C16H29NO8/c1-16(2,3)25-15(21)17(4)24-12-10-22-9-11-23-14(20)8-6-5-7-13(18)19/h5-12H2,1-4H3,(H,18,19). The van der Waals surface area contributed by atoms with Gasteiger partial charge in [-0.05, 0) is 33.6 Å². The second-order valence-electron chi connectivity index (χ2n) is 6.24. The van der Waals surface area contributed by atoms with Gasteiger partial charge in [0.2, 0.25) is 0 Å². The minimum absolute atomic E-state index is 0.0497. The third kappa shape index (κ3) is 15.4. The van der Waals surface area contributed by atoms with E-state index in [1.807, 2.05) is 0 Å². The van der Waals surface area contributed by atoms with Crippen molar-refractivity contribution < 1.29 is 38.5 Å². The molecule has 1 amide bonds. The highest BCUT2D eigenvalue weighted by Gasteiger charge is 2.19. The lowest BCUT2D eigenvalue weighted by molar-refractivity contribution is -0.150. The van der Waals surface area contributed by atoms with Gasteiger partial charge in [0.25, 0.3) is 0 Å². The number of ether oxygens (including phenoxy) is 3. The summed E-state index contributed by atoms with van der Waals surface area (Å²) in [4.78, 5) is 38.4. The van der Waals surface area contributed by atoms with Crippen LogP contribution < -0.4 is 0 Å². The van der Waals surface area contributed by atoms with Gasteiger partial charge in [0.05, 0.1) is 19.8 Å². The fraction of sp³-hybridized carbons (Fsp3) is 0.812. The molecule has 0 saturated heterocycles. The van der Waals surface area contributed by atoms with E-state index in [1.165, 1.54) is 7.05 Å². The lowest BCUT2D eigenvalue weighted by Crippen LogP contribution is -2.35. The smallest absolute Gasteiger partial charge is 0.434 e. The quantitative estimate of drug-likeness (QED) is 0.318. The summed E-state index contributed by atoms with van der Waals surface area (Å²) in [5.41, 5.74) is -0.595. The second kappa shape index (κ2) is 12.5. The van der Waals surface area contributed by atoms with Gasteiger partial charge in [0.1, 0.15) is 12.2 Å². The zero-order valence-corrected chi connectivity index (χ0v) is 15.4. The van der Waals surface area contributed by atoms with E-state index >= 15 is 0 Å². The molecule has 0 bridgehead atoms. The van der Waals surface area contributed by atoms with Gasteiger partial charge in [-0.3, -0.25) is 14.4 Å². The van der Waals surface area contributed by atoms with Crippen molar-refractivity contribution in [2.75, 3.05) is 33.5 Å².